The van der Waals surface area contributed by atoms with Crippen molar-refractivity contribution in [3.63, 3.8) is 0 Å². The fourth-order valence-corrected chi connectivity index (χ4v) is 3.37. The zero-order valence-corrected chi connectivity index (χ0v) is 13.1. The lowest BCUT2D eigenvalue weighted by Crippen LogP contribution is -2.53. The highest BCUT2D eigenvalue weighted by Gasteiger charge is 2.43. The van der Waals surface area contributed by atoms with Crippen molar-refractivity contribution in [2.75, 3.05) is 19.7 Å². The van der Waals surface area contributed by atoms with Gasteiger partial charge in [-0.25, -0.2) is 9.97 Å². The highest BCUT2D eigenvalue weighted by Crippen LogP contribution is 2.25. The maximum Gasteiger partial charge on any atom is 0.249 e. The first kappa shape index (κ1) is 14.4. The molecule has 2 aromatic rings. The minimum atomic E-state index is 0.0362. The Balaban J connectivity index is 1.48. The summed E-state index contributed by atoms with van der Waals surface area (Å²) in [5, 5.41) is 0. The number of imidazole rings is 2. The number of carbonyl (C=O) groups is 1. The van der Waals surface area contributed by atoms with E-state index in [2.05, 4.69) is 19.9 Å². The first-order chi connectivity index (χ1) is 11.2. The van der Waals surface area contributed by atoms with Crippen molar-refractivity contribution in [1.29, 1.82) is 0 Å². The molecular weight excluding hydrogens is 296 g/mol. The van der Waals surface area contributed by atoms with Crippen molar-refractivity contribution in [1.82, 2.24) is 29.3 Å². The van der Waals surface area contributed by atoms with E-state index in [1.165, 1.54) is 0 Å². The topological polar surface area (TPSA) is 79.3 Å². The van der Waals surface area contributed by atoms with E-state index in [1.807, 2.05) is 28.9 Å². The maximum absolute atomic E-state index is 12.3. The monoisotopic (exact) mass is 316 g/mol. The first-order valence-corrected chi connectivity index (χ1v) is 7.78. The number of rotatable bonds is 4. The molecule has 2 aliphatic rings. The zero-order chi connectivity index (χ0) is 15.8. The van der Waals surface area contributed by atoms with Crippen LogP contribution in [-0.4, -0.2) is 67.1 Å². The summed E-state index contributed by atoms with van der Waals surface area (Å²) >= 11 is 0. The highest BCUT2D eigenvalue weighted by molar-refractivity contribution is 5.78. The Morgan fingerprint density at radius 1 is 1.30 bits per heavy atom. The van der Waals surface area contributed by atoms with Crippen molar-refractivity contribution in [2.45, 2.75) is 25.2 Å². The molecule has 122 valence electrons. The van der Waals surface area contributed by atoms with Gasteiger partial charge in [-0.3, -0.25) is 9.69 Å². The van der Waals surface area contributed by atoms with Crippen LogP contribution in [0, 0.1) is 0 Å². The van der Waals surface area contributed by atoms with Gasteiger partial charge in [0.1, 0.15) is 18.3 Å². The van der Waals surface area contributed by atoms with Gasteiger partial charge in [-0.05, 0) is 0 Å². The summed E-state index contributed by atoms with van der Waals surface area (Å²) in [7, 11) is 1.95. The smallest absolute Gasteiger partial charge is 0.249 e. The first-order valence-electron chi connectivity index (χ1n) is 7.78. The van der Waals surface area contributed by atoms with E-state index in [0.717, 1.165) is 31.3 Å². The number of likely N-dealkylation sites (tertiary alicyclic amines) is 1. The summed E-state index contributed by atoms with van der Waals surface area (Å²) in [6.07, 6.45) is 7.30. The van der Waals surface area contributed by atoms with Gasteiger partial charge in [-0.1, -0.05) is 0 Å². The number of nitrogens with one attached hydrogen (secondary N) is 1. The Bertz CT molecular complexity index is 682. The summed E-state index contributed by atoms with van der Waals surface area (Å²) in [6, 6.07) is 0.0721. The van der Waals surface area contributed by atoms with Gasteiger partial charge in [-0.2, -0.15) is 0 Å². The number of hydrogen-bond donors (Lipinski definition) is 1. The minimum absolute atomic E-state index is 0.0362. The van der Waals surface area contributed by atoms with Crippen LogP contribution >= 0.6 is 0 Å². The van der Waals surface area contributed by atoms with Gasteiger partial charge in [0.2, 0.25) is 5.91 Å². The molecule has 0 bridgehead atoms. The number of aryl methyl sites for hydroxylation is 1. The lowest BCUT2D eigenvalue weighted by molar-refractivity contribution is -0.154. The number of hydrogen-bond acceptors (Lipinski definition) is 5. The molecule has 4 heterocycles. The van der Waals surface area contributed by atoms with Crippen molar-refractivity contribution in [3.8, 4) is 0 Å². The number of aromatic nitrogens is 4. The van der Waals surface area contributed by atoms with Gasteiger partial charge in [0.05, 0.1) is 25.2 Å². The van der Waals surface area contributed by atoms with E-state index < -0.39 is 0 Å². The molecule has 0 spiro atoms. The molecule has 23 heavy (non-hydrogen) atoms. The Labute approximate surface area is 134 Å². The van der Waals surface area contributed by atoms with E-state index in [-0.39, 0.29) is 24.7 Å². The van der Waals surface area contributed by atoms with Crippen LogP contribution in [0.3, 0.4) is 0 Å². The summed E-state index contributed by atoms with van der Waals surface area (Å²) in [5.74, 6) is 1.86. The Kier molecular flexibility index (Phi) is 3.62. The summed E-state index contributed by atoms with van der Waals surface area (Å²) in [5.41, 5.74) is 0. The third-order valence-corrected chi connectivity index (χ3v) is 4.62. The molecule has 2 aromatic heterocycles. The van der Waals surface area contributed by atoms with Crippen molar-refractivity contribution in [2.24, 2.45) is 7.05 Å². The van der Waals surface area contributed by atoms with Gasteiger partial charge in [-0.15, -0.1) is 0 Å². The standard InChI is InChI=1S/C15H20N6O2/c1-19-5-4-18-14(19)9-21-11-6-20(8-13-16-2-3-17-13)7-12(11)23-10-15(21)22/h2-5,11-12H,6-10H2,1H3,(H,16,17). The summed E-state index contributed by atoms with van der Waals surface area (Å²) < 4.78 is 7.70. The van der Waals surface area contributed by atoms with Gasteiger partial charge in [0.15, 0.2) is 0 Å². The highest BCUT2D eigenvalue weighted by atomic mass is 16.5. The van der Waals surface area contributed by atoms with E-state index >= 15 is 0 Å². The third kappa shape index (κ3) is 2.75. The number of morpholine rings is 1. The van der Waals surface area contributed by atoms with Crippen LogP contribution < -0.4 is 0 Å². The predicted molar refractivity (Wildman–Crippen MR) is 81.2 cm³/mol. The second-order valence-electron chi connectivity index (χ2n) is 6.12. The molecule has 0 saturated carbocycles. The Morgan fingerprint density at radius 3 is 2.96 bits per heavy atom. The number of nitrogens with zero attached hydrogens (tertiary/aromatic N) is 5. The fourth-order valence-electron chi connectivity index (χ4n) is 3.37. The minimum Gasteiger partial charge on any atom is -0.365 e. The lowest BCUT2D eigenvalue weighted by Gasteiger charge is -2.36. The van der Waals surface area contributed by atoms with Crippen molar-refractivity contribution < 1.29 is 9.53 Å². The number of carbonyl (C=O) groups excluding carboxylic acids is 1. The van der Waals surface area contributed by atoms with E-state index in [9.17, 15) is 4.79 Å². The van der Waals surface area contributed by atoms with E-state index in [0.29, 0.717) is 6.54 Å². The molecule has 2 unspecified atom stereocenters. The van der Waals surface area contributed by atoms with E-state index in [4.69, 9.17) is 4.74 Å². The van der Waals surface area contributed by atoms with Crippen LogP contribution in [0.4, 0.5) is 0 Å². The number of H-pyrrole nitrogens is 1. The molecule has 2 atom stereocenters. The van der Waals surface area contributed by atoms with Gasteiger partial charge in [0.25, 0.3) is 0 Å². The largest absolute Gasteiger partial charge is 0.365 e. The number of aromatic amines is 1. The van der Waals surface area contributed by atoms with Gasteiger partial charge in [0, 0.05) is 44.9 Å². The molecule has 0 aromatic carbocycles. The van der Waals surface area contributed by atoms with Gasteiger partial charge >= 0.3 is 0 Å². The lowest BCUT2D eigenvalue weighted by atomic mass is 10.1. The quantitative estimate of drug-likeness (QED) is 0.842. The maximum atomic E-state index is 12.3. The zero-order valence-electron chi connectivity index (χ0n) is 13.1. The number of fused-ring (bicyclic) bond motifs is 1. The van der Waals surface area contributed by atoms with Crippen LogP contribution in [0.5, 0.6) is 0 Å². The summed E-state index contributed by atoms with van der Waals surface area (Å²) in [4.78, 5) is 28.2. The van der Waals surface area contributed by atoms with Crippen LogP contribution in [0.2, 0.25) is 0 Å². The normalized spacial score (nSPS) is 25.1. The van der Waals surface area contributed by atoms with Gasteiger partial charge < -0.3 is 19.2 Å². The molecule has 0 aliphatic carbocycles. The Morgan fingerprint density at radius 2 is 2.22 bits per heavy atom. The average molecular weight is 316 g/mol. The van der Waals surface area contributed by atoms with Crippen LogP contribution in [-0.2, 0) is 29.7 Å². The molecule has 1 amide bonds. The van der Waals surface area contributed by atoms with E-state index in [1.54, 1.807) is 12.4 Å². The number of amides is 1. The molecule has 4 rings (SSSR count). The predicted octanol–water partition coefficient (Wildman–Crippen LogP) is -0.245. The summed E-state index contributed by atoms with van der Waals surface area (Å²) in [6.45, 7) is 3.03. The van der Waals surface area contributed by atoms with Crippen LogP contribution in [0.25, 0.3) is 0 Å². The second kappa shape index (κ2) is 5.78. The fraction of sp³-hybridized carbons (Fsp3) is 0.533. The average Bonchev–Trinajstić information content (AvgIpc) is 3.25. The third-order valence-electron chi connectivity index (χ3n) is 4.62. The molecule has 2 aliphatic heterocycles. The SMILES string of the molecule is Cn1ccnc1CN1C(=O)COC2CN(Cc3ncc[nH]3)CC21. The van der Waals surface area contributed by atoms with Crippen LogP contribution in [0.1, 0.15) is 11.6 Å². The Hall–Kier alpha value is -2.19. The molecule has 8 heteroatoms. The molecule has 1 N–H and O–H groups in total. The van der Waals surface area contributed by atoms with Crippen LogP contribution in [0.15, 0.2) is 24.8 Å². The second-order valence-corrected chi connectivity index (χ2v) is 6.12. The molecule has 0 radical (unpaired) electrons. The number of ether oxygens (including phenoxy) is 1. The molecular formula is C15H20N6O2. The molecule has 2 saturated heterocycles. The van der Waals surface area contributed by atoms with Crippen molar-refractivity contribution >= 4 is 5.91 Å². The van der Waals surface area contributed by atoms with Crippen molar-refractivity contribution in [3.05, 3.63) is 36.4 Å². The molecule has 2 fully saturated rings. The molecule has 8 nitrogen and oxygen atoms in total.